The largest absolute Gasteiger partial charge is 0.381 e. The van der Waals surface area contributed by atoms with Crippen LogP contribution in [0.25, 0.3) is 22.8 Å². The Labute approximate surface area is 510 Å². The first-order valence-electron chi connectivity index (χ1n) is 31.8. The van der Waals surface area contributed by atoms with Crippen LogP contribution >= 0.6 is 0 Å². The molecular formula is C66H83N17O4. The van der Waals surface area contributed by atoms with E-state index < -0.39 is 5.91 Å². The molecule has 456 valence electrons. The smallest absolute Gasteiger partial charge is 0.274 e. The number of primary amides is 1. The van der Waals surface area contributed by atoms with Crippen LogP contribution in [0, 0.1) is 16.2 Å². The summed E-state index contributed by atoms with van der Waals surface area (Å²) < 4.78 is 11.4. The van der Waals surface area contributed by atoms with Gasteiger partial charge in [-0.25, -0.2) is 19.9 Å². The maximum absolute atomic E-state index is 14.7. The number of benzene rings is 2. The lowest BCUT2D eigenvalue weighted by atomic mass is 9.61. The molecule has 2 amide bonds. The van der Waals surface area contributed by atoms with Crippen molar-refractivity contribution >= 4 is 57.8 Å². The number of nitrogens with two attached hydrogens (primary N) is 1. The maximum atomic E-state index is 14.7. The summed E-state index contributed by atoms with van der Waals surface area (Å²) in [7, 11) is 2.25. The number of anilines is 8. The fourth-order valence-corrected chi connectivity index (χ4v) is 15.1. The van der Waals surface area contributed by atoms with Crippen molar-refractivity contribution in [2.45, 2.75) is 95.2 Å². The zero-order valence-corrected chi connectivity index (χ0v) is 50.2. The molecule has 8 aliphatic rings. The summed E-state index contributed by atoms with van der Waals surface area (Å²) in [5.41, 5.74) is 13.5. The van der Waals surface area contributed by atoms with Gasteiger partial charge in [-0.15, -0.1) is 0 Å². The molecule has 21 nitrogen and oxygen atoms in total. The molecule has 4 aromatic heterocycles. The Morgan fingerprint density at radius 1 is 0.552 bits per heavy atom. The van der Waals surface area contributed by atoms with E-state index in [1.165, 1.54) is 57.5 Å². The van der Waals surface area contributed by atoms with Crippen molar-refractivity contribution in [3.63, 3.8) is 0 Å². The van der Waals surface area contributed by atoms with Gasteiger partial charge in [-0.1, -0.05) is 12.1 Å². The van der Waals surface area contributed by atoms with Crippen LogP contribution in [0.1, 0.15) is 98.0 Å². The Morgan fingerprint density at radius 3 is 1.52 bits per heavy atom. The summed E-state index contributed by atoms with van der Waals surface area (Å²) in [6, 6.07) is 29.1. The first-order chi connectivity index (χ1) is 42.5. The SMILES string of the molecule is CN1CCC2(CC1)CN(C1CCN(c3ccc(Nc4nc(NC5CC6(CCOCC6)C5)c(-c5ccccn5)nc4C(=O)NCN4CCN(c5ccc(Nc6nc(NC7CC8(CCOCC8)C7)c(-c7ccccn7)nc6C(N)=O)cc5)CC4)cc3)CC1)C2. The average Bonchev–Trinajstić information content (AvgIpc) is 2.16. The molecule has 2 aliphatic carbocycles. The first kappa shape index (κ1) is 57.2. The third kappa shape index (κ3) is 12.5. The van der Waals surface area contributed by atoms with Gasteiger partial charge in [-0.3, -0.25) is 29.4 Å². The Bertz CT molecular complexity index is 3350. The van der Waals surface area contributed by atoms with Gasteiger partial charge in [0.25, 0.3) is 11.8 Å². The fraction of sp³-hybridized carbons (Fsp3) is 0.515. The van der Waals surface area contributed by atoms with E-state index in [1.807, 2.05) is 48.5 Å². The number of carbonyl (C=O) groups is 2. The summed E-state index contributed by atoms with van der Waals surface area (Å²) in [6.45, 7) is 13.6. The monoisotopic (exact) mass is 1180 g/mol. The summed E-state index contributed by atoms with van der Waals surface area (Å²) in [4.78, 5) is 69.4. The molecule has 2 saturated carbocycles. The van der Waals surface area contributed by atoms with E-state index in [0.717, 1.165) is 134 Å². The van der Waals surface area contributed by atoms with E-state index in [9.17, 15) is 9.59 Å². The van der Waals surface area contributed by atoms with Gasteiger partial charge in [0.2, 0.25) is 0 Å². The number of hydrogen-bond acceptors (Lipinski definition) is 19. The van der Waals surface area contributed by atoms with Gasteiger partial charge >= 0.3 is 0 Å². The number of carbonyl (C=O) groups excluding carboxylic acids is 2. The standard InChI is InChI=1S/C66H83N17O4/c1-79-28-18-66(19-29-79)42-83(43-66)51-16-26-81(27-17-51)49-12-8-46(9-13-49)72-62-57(76-55(53-7-3-5-25-69-53)60(78-62)74-48-40-65(41-48)22-36-87-37-23-65)63(85)70-44-80-30-32-82(33-31-80)50-14-10-45(11-15-50)71-61-56(58(67)84)75-54(52-6-2-4-24-68-52)59(77-61)73-47-38-64(39-47)20-34-86-35-21-64/h2-15,24-25,47-48,51H,16-23,26-44H2,1H3,(H2,67,84)(H,70,85)(H2,71,73,77)(H2,72,74,78). The van der Waals surface area contributed by atoms with Crippen molar-refractivity contribution in [3.05, 3.63) is 109 Å². The van der Waals surface area contributed by atoms with E-state index in [0.29, 0.717) is 69.2 Å². The molecule has 8 fully saturated rings. The average molecular weight is 1180 g/mol. The van der Waals surface area contributed by atoms with E-state index in [2.05, 4.69) is 99.5 Å². The van der Waals surface area contributed by atoms with Gasteiger partial charge in [0.05, 0.1) is 18.1 Å². The third-order valence-electron chi connectivity index (χ3n) is 20.5. The zero-order chi connectivity index (χ0) is 59.0. The first-order valence-corrected chi connectivity index (χ1v) is 31.8. The number of nitrogens with one attached hydrogen (secondary N) is 5. The Hall–Kier alpha value is -7.56. The van der Waals surface area contributed by atoms with Crippen LogP contribution in [0.3, 0.4) is 0 Å². The lowest BCUT2D eigenvalue weighted by Gasteiger charge is -2.57. The third-order valence-corrected chi connectivity index (χ3v) is 20.5. The van der Waals surface area contributed by atoms with Crippen molar-refractivity contribution < 1.29 is 19.1 Å². The molecule has 6 aliphatic heterocycles. The quantitative estimate of drug-likeness (QED) is 0.0505. The molecule has 14 rings (SSSR count). The van der Waals surface area contributed by atoms with Gasteiger partial charge < -0.3 is 56.5 Å². The van der Waals surface area contributed by atoms with E-state index >= 15 is 0 Å². The molecule has 7 N–H and O–H groups in total. The van der Waals surface area contributed by atoms with E-state index in [4.69, 9.17) is 40.1 Å². The number of nitrogens with zero attached hydrogens (tertiary/aromatic N) is 11. The van der Waals surface area contributed by atoms with Crippen LogP contribution in [0.5, 0.6) is 0 Å². The topological polar surface area (TPSA) is 232 Å². The second-order valence-electron chi connectivity index (χ2n) is 26.3. The second kappa shape index (κ2) is 24.5. The number of pyridine rings is 2. The Balaban J connectivity index is 0.633. The van der Waals surface area contributed by atoms with Crippen molar-refractivity contribution in [2.24, 2.45) is 22.0 Å². The number of likely N-dealkylation sites (tertiary alicyclic amines) is 2. The highest BCUT2D eigenvalue weighted by Crippen LogP contribution is 2.51. The van der Waals surface area contributed by atoms with Crippen molar-refractivity contribution in [1.82, 2.24) is 49.9 Å². The molecule has 0 unspecified atom stereocenters. The highest BCUT2D eigenvalue weighted by Gasteiger charge is 2.48. The molecule has 87 heavy (non-hydrogen) atoms. The van der Waals surface area contributed by atoms with Crippen LogP contribution in [-0.2, 0) is 9.47 Å². The molecular weight excluding hydrogens is 1090 g/mol. The Kier molecular flexibility index (Phi) is 16.1. The number of rotatable bonds is 17. The summed E-state index contributed by atoms with van der Waals surface area (Å²) in [6.07, 6.45) is 16.9. The number of piperazine rings is 1. The van der Waals surface area contributed by atoms with Crippen molar-refractivity contribution in [1.29, 1.82) is 0 Å². The summed E-state index contributed by atoms with van der Waals surface area (Å²) >= 11 is 0. The maximum Gasteiger partial charge on any atom is 0.274 e. The number of aromatic nitrogens is 6. The van der Waals surface area contributed by atoms with Crippen LogP contribution in [0.15, 0.2) is 97.3 Å². The Morgan fingerprint density at radius 2 is 1.03 bits per heavy atom. The highest BCUT2D eigenvalue weighted by atomic mass is 16.5. The molecule has 6 saturated heterocycles. The van der Waals surface area contributed by atoms with Crippen LogP contribution < -0.4 is 42.1 Å². The number of ether oxygens (including phenoxy) is 2. The second-order valence-corrected chi connectivity index (χ2v) is 26.3. The summed E-state index contributed by atoms with van der Waals surface area (Å²) in [5, 5.41) is 17.6. The van der Waals surface area contributed by atoms with Crippen LogP contribution in [-0.4, -0.2) is 180 Å². The minimum atomic E-state index is -0.689. The lowest BCUT2D eigenvalue weighted by molar-refractivity contribution is -0.0704. The molecule has 2 aromatic carbocycles. The number of amides is 2. The van der Waals surface area contributed by atoms with Gasteiger partial charge in [0, 0.05) is 132 Å². The normalized spacial score (nSPS) is 22.2. The van der Waals surface area contributed by atoms with Gasteiger partial charge in [-0.05, 0) is 186 Å². The predicted molar refractivity (Wildman–Crippen MR) is 339 cm³/mol. The fourth-order valence-electron chi connectivity index (χ4n) is 15.1. The minimum absolute atomic E-state index is 0.0339. The van der Waals surface area contributed by atoms with Crippen molar-refractivity contribution in [3.8, 4) is 22.8 Å². The van der Waals surface area contributed by atoms with E-state index in [1.54, 1.807) is 12.4 Å². The predicted octanol–water partition coefficient (Wildman–Crippen LogP) is 8.22. The lowest BCUT2D eigenvalue weighted by Crippen LogP contribution is -2.63. The zero-order valence-electron chi connectivity index (χ0n) is 50.2. The van der Waals surface area contributed by atoms with Crippen LogP contribution in [0.4, 0.5) is 46.0 Å². The van der Waals surface area contributed by atoms with E-state index in [-0.39, 0.29) is 35.2 Å². The van der Waals surface area contributed by atoms with Gasteiger partial charge in [0.15, 0.2) is 34.7 Å². The molecule has 0 atom stereocenters. The number of piperidine rings is 2. The summed E-state index contributed by atoms with van der Waals surface area (Å²) in [5.74, 6) is 0.816. The molecule has 21 heteroatoms. The molecule has 10 heterocycles. The van der Waals surface area contributed by atoms with Crippen LogP contribution in [0.2, 0.25) is 0 Å². The highest BCUT2D eigenvalue weighted by molar-refractivity contribution is 5.99. The van der Waals surface area contributed by atoms with Gasteiger partial charge in [-0.2, -0.15) is 0 Å². The number of hydrogen-bond donors (Lipinski definition) is 6. The molecule has 0 bridgehead atoms. The van der Waals surface area contributed by atoms with Gasteiger partial charge in [0.1, 0.15) is 11.4 Å². The van der Waals surface area contributed by atoms with Crippen molar-refractivity contribution in [2.75, 3.05) is 137 Å². The molecule has 0 radical (unpaired) electrons. The molecule has 6 aromatic rings. The molecule has 3 spiro atoms. The minimum Gasteiger partial charge on any atom is -0.381 e.